The molecule has 3 amide bonds. The second-order valence-electron chi connectivity index (χ2n) is 3.90. The van der Waals surface area contributed by atoms with Crippen LogP contribution in [-0.2, 0) is 4.79 Å². The summed E-state index contributed by atoms with van der Waals surface area (Å²) >= 11 is 6.14. The molecular weight excluding hydrogens is 204 g/mol. The molecule has 4 nitrogen and oxygen atoms in total. The molecule has 1 aliphatic heterocycles. The molecule has 0 aromatic carbocycles. The zero-order valence-electron chi connectivity index (χ0n) is 7.75. The van der Waals surface area contributed by atoms with Gasteiger partial charge < -0.3 is 5.32 Å². The Balaban J connectivity index is 2.06. The Morgan fingerprint density at radius 3 is 2.50 bits per heavy atom. The van der Waals surface area contributed by atoms with E-state index in [1.807, 2.05) is 0 Å². The molecule has 3 atom stereocenters. The first-order valence-electron chi connectivity index (χ1n) is 4.94. The van der Waals surface area contributed by atoms with Crippen LogP contribution < -0.4 is 10.6 Å². The molecule has 2 N–H and O–H groups in total. The van der Waals surface area contributed by atoms with Gasteiger partial charge in [0.1, 0.15) is 6.04 Å². The van der Waals surface area contributed by atoms with E-state index in [1.165, 1.54) is 0 Å². The minimum Gasteiger partial charge on any atom is -0.326 e. The number of hydrogen-bond acceptors (Lipinski definition) is 2. The SMILES string of the molecule is O=C1NC(=O)[C@H]([C@H]2CCCC[C@H]2Cl)N1. The number of hydrogen-bond donors (Lipinski definition) is 2. The normalized spacial score (nSPS) is 37.9. The summed E-state index contributed by atoms with van der Waals surface area (Å²) in [7, 11) is 0. The molecule has 0 aromatic rings. The van der Waals surface area contributed by atoms with Crippen molar-refractivity contribution in [2.45, 2.75) is 37.1 Å². The van der Waals surface area contributed by atoms with Gasteiger partial charge in [-0.1, -0.05) is 12.8 Å². The van der Waals surface area contributed by atoms with Crippen LogP contribution in [0.1, 0.15) is 25.7 Å². The van der Waals surface area contributed by atoms with E-state index in [9.17, 15) is 9.59 Å². The van der Waals surface area contributed by atoms with Gasteiger partial charge in [0.05, 0.1) is 0 Å². The van der Waals surface area contributed by atoms with Gasteiger partial charge in [-0.2, -0.15) is 0 Å². The van der Waals surface area contributed by atoms with Crippen molar-refractivity contribution >= 4 is 23.5 Å². The third kappa shape index (κ3) is 1.71. The van der Waals surface area contributed by atoms with Crippen molar-refractivity contribution in [2.24, 2.45) is 5.92 Å². The van der Waals surface area contributed by atoms with Crippen LogP contribution in [0.15, 0.2) is 0 Å². The van der Waals surface area contributed by atoms with Gasteiger partial charge in [-0.05, 0) is 12.8 Å². The molecule has 1 heterocycles. The molecule has 0 unspecified atom stereocenters. The maximum Gasteiger partial charge on any atom is 0.322 e. The summed E-state index contributed by atoms with van der Waals surface area (Å²) in [6.45, 7) is 0. The lowest BCUT2D eigenvalue weighted by Crippen LogP contribution is -2.42. The molecule has 14 heavy (non-hydrogen) atoms. The number of carbonyl (C=O) groups excluding carboxylic acids is 2. The first-order chi connectivity index (χ1) is 6.68. The quantitative estimate of drug-likeness (QED) is 0.507. The summed E-state index contributed by atoms with van der Waals surface area (Å²) in [6.07, 6.45) is 4.07. The molecular formula is C9H13ClN2O2. The molecule has 2 fully saturated rings. The summed E-state index contributed by atoms with van der Waals surface area (Å²) in [5.74, 6) is -0.135. The smallest absolute Gasteiger partial charge is 0.322 e. The Bertz CT molecular complexity index is 270. The molecule has 1 aliphatic carbocycles. The Kier molecular flexibility index (Phi) is 2.63. The number of alkyl halides is 1. The Hall–Kier alpha value is -0.770. The van der Waals surface area contributed by atoms with Gasteiger partial charge >= 0.3 is 6.03 Å². The molecule has 2 aliphatic rings. The van der Waals surface area contributed by atoms with Gasteiger partial charge in [-0.3, -0.25) is 10.1 Å². The van der Waals surface area contributed by atoms with Gasteiger partial charge in [0.15, 0.2) is 0 Å². The molecule has 0 bridgehead atoms. The zero-order chi connectivity index (χ0) is 10.1. The van der Waals surface area contributed by atoms with Gasteiger partial charge in [0.2, 0.25) is 0 Å². The van der Waals surface area contributed by atoms with Gasteiger partial charge in [0.25, 0.3) is 5.91 Å². The van der Waals surface area contributed by atoms with E-state index in [0.717, 1.165) is 25.7 Å². The average Bonchev–Trinajstić information content (AvgIpc) is 2.46. The Morgan fingerprint density at radius 1 is 1.21 bits per heavy atom. The van der Waals surface area contributed by atoms with E-state index in [0.29, 0.717) is 0 Å². The van der Waals surface area contributed by atoms with Crippen molar-refractivity contribution in [2.75, 3.05) is 0 Å². The van der Waals surface area contributed by atoms with Crippen LogP contribution in [-0.4, -0.2) is 23.4 Å². The van der Waals surface area contributed by atoms with E-state index in [-0.39, 0.29) is 17.2 Å². The Morgan fingerprint density at radius 2 is 1.93 bits per heavy atom. The van der Waals surface area contributed by atoms with E-state index < -0.39 is 12.1 Å². The number of carbonyl (C=O) groups is 2. The highest BCUT2D eigenvalue weighted by molar-refractivity contribution is 6.21. The Labute approximate surface area is 87.4 Å². The fourth-order valence-electron chi connectivity index (χ4n) is 2.22. The van der Waals surface area contributed by atoms with Crippen LogP contribution in [0, 0.1) is 5.92 Å². The molecule has 0 spiro atoms. The van der Waals surface area contributed by atoms with Crippen molar-refractivity contribution in [3.8, 4) is 0 Å². The maximum atomic E-state index is 11.4. The van der Waals surface area contributed by atoms with Crippen LogP contribution in [0.2, 0.25) is 0 Å². The summed E-state index contributed by atoms with van der Waals surface area (Å²) in [4.78, 5) is 22.3. The average molecular weight is 217 g/mol. The summed E-state index contributed by atoms with van der Waals surface area (Å²) < 4.78 is 0. The summed E-state index contributed by atoms with van der Waals surface area (Å²) in [5, 5.41) is 4.87. The van der Waals surface area contributed by atoms with E-state index in [1.54, 1.807) is 0 Å². The third-order valence-electron chi connectivity index (χ3n) is 2.97. The molecule has 78 valence electrons. The van der Waals surface area contributed by atoms with Crippen LogP contribution in [0.25, 0.3) is 0 Å². The fourth-order valence-corrected chi connectivity index (χ4v) is 2.65. The monoisotopic (exact) mass is 216 g/mol. The van der Waals surface area contributed by atoms with Crippen LogP contribution in [0.4, 0.5) is 4.79 Å². The van der Waals surface area contributed by atoms with Crippen molar-refractivity contribution in [3.63, 3.8) is 0 Å². The minimum atomic E-state index is -0.412. The molecule has 0 aromatic heterocycles. The number of halogens is 1. The van der Waals surface area contributed by atoms with Gasteiger partial charge in [-0.15, -0.1) is 11.6 Å². The standard InChI is InChI=1S/C9H13ClN2O2/c10-6-4-2-1-3-5(6)7-8(13)12-9(14)11-7/h5-7H,1-4H2,(H2,11,12,13,14)/t5-,6+,7-/m0/s1. The van der Waals surface area contributed by atoms with E-state index >= 15 is 0 Å². The van der Waals surface area contributed by atoms with E-state index in [4.69, 9.17) is 11.6 Å². The lowest BCUT2D eigenvalue weighted by Gasteiger charge is -2.29. The van der Waals surface area contributed by atoms with Crippen molar-refractivity contribution in [3.05, 3.63) is 0 Å². The maximum absolute atomic E-state index is 11.4. The lowest BCUT2D eigenvalue weighted by molar-refractivity contribution is -0.121. The van der Waals surface area contributed by atoms with Crippen molar-refractivity contribution in [1.82, 2.24) is 10.6 Å². The largest absolute Gasteiger partial charge is 0.326 e. The van der Waals surface area contributed by atoms with Gasteiger partial charge in [0, 0.05) is 11.3 Å². The predicted molar refractivity (Wildman–Crippen MR) is 52.1 cm³/mol. The van der Waals surface area contributed by atoms with Crippen LogP contribution >= 0.6 is 11.6 Å². The number of urea groups is 1. The zero-order valence-corrected chi connectivity index (χ0v) is 8.51. The first-order valence-corrected chi connectivity index (χ1v) is 5.37. The second kappa shape index (κ2) is 3.77. The highest BCUT2D eigenvalue weighted by Gasteiger charge is 2.40. The lowest BCUT2D eigenvalue weighted by atomic mass is 9.83. The number of nitrogens with one attached hydrogen (secondary N) is 2. The van der Waals surface area contributed by atoms with Gasteiger partial charge in [-0.25, -0.2) is 4.79 Å². The molecule has 0 radical (unpaired) electrons. The first kappa shape index (κ1) is 9.77. The third-order valence-corrected chi connectivity index (χ3v) is 3.51. The number of amides is 3. The topological polar surface area (TPSA) is 58.2 Å². The molecule has 5 heteroatoms. The molecule has 2 rings (SSSR count). The highest BCUT2D eigenvalue weighted by atomic mass is 35.5. The molecule has 1 saturated heterocycles. The van der Waals surface area contributed by atoms with E-state index in [2.05, 4.69) is 10.6 Å². The fraction of sp³-hybridized carbons (Fsp3) is 0.778. The minimum absolute atomic E-state index is 0.0119. The van der Waals surface area contributed by atoms with Crippen molar-refractivity contribution < 1.29 is 9.59 Å². The summed E-state index contributed by atoms with van der Waals surface area (Å²) in [5.41, 5.74) is 0. The molecule has 1 saturated carbocycles. The number of imide groups is 1. The summed E-state index contributed by atoms with van der Waals surface area (Å²) in [6, 6.07) is -0.806. The predicted octanol–water partition coefficient (Wildman–Crippen LogP) is 0.992. The van der Waals surface area contributed by atoms with Crippen LogP contribution in [0.5, 0.6) is 0 Å². The van der Waals surface area contributed by atoms with Crippen molar-refractivity contribution in [1.29, 1.82) is 0 Å². The second-order valence-corrected chi connectivity index (χ2v) is 4.47. The number of rotatable bonds is 1. The highest BCUT2D eigenvalue weighted by Crippen LogP contribution is 2.31. The van der Waals surface area contributed by atoms with Crippen LogP contribution in [0.3, 0.4) is 0 Å².